The van der Waals surface area contributed by atoms with E-state index in [2.05, 4.69) is 26.2 Å². The topological polar surface area (TPSA) is 68.0 Å². The number of thiophene rings is 1. The Morgan fingerprint density at radius 2 is 2.41 bits per heavy atom. The number of halogens is 1. The summed E-state index contributed by atoms with van der Waals surface area (Å²) in [4.78, 5) is 12.0. The second kappa shape index (κ2) is 4.97. The van der Waals surface area contributed by atoms with E-state index in [0.717, 1.165) is 9.35 Å². The first-order valence-corrected chi connectivity index (χ1v) is 6.67. The summed E-state index contributed by atoms with van der Waals surface area (Å²) >= 11 is 4.98. The Balaban J connectivity index is 2.30. The van der Waals surface area contributed by atoms with Gasteiger partial charge in [0.15, 0.2) is 5.69 Å². The summed E-state index contributed by atoms with van der Waals surface area (Å²) in [5.41, 5.74) is 0.699. The van der Waals surface area contributed by atoms with Gasteiger partial charge in [0.1, 0.15) is 0 Å². The van der Waals surface area contributed by atoms with Crippen LogP contribution in [-0.4, -0.2) is 26.1 Å². The summed E-state index contributed by atoms with van der Waals surface area (Å²) in [6.45, 7) is 2.45. The van der Waals surface area contributed by atoms with E-state index >= 15 is 0 Å². The number of hydrogen-bond acceptors (Lipinski definition) is 4. The van der Waals surface area contributed by atoms with Crippen molar-refractivity contribution in [1.82, 2.24) is 15.0 Å². The van der Waals surface area contributed by atoms with Crippen molar-refractivity contribution in [3.63, 3.8) is 0 Å². The maximum absolute atomic E-state index is 10.9. The summed E-state index contributed by atoms with van der Waals surface area (Å²) < 4.78 is 2.66. The molecule has 0 unspecified atom stereocenters. The van der Waals surface area contributed by atoms with Crippen molar-refractivity contribution in [2.45, 2.75) is 19.9 Å². The lowest BCUT2D eigenvalue weighted by molar-refractivity contribution is 0.0689. The minimum Gasteiger partial charge on any atom is -0.476 e. The molecule has 5 nitrogen and oxygen atoms in total. The van der Waals surface area contributed by atoms with Crippen molar-refractivity contribution in [1.29, 1.82) is 0 Å². The minimum absolute atomic E-state index is 0.0446. The molecular formula is C10H10BrN3O2S. The molecular weight excluding hydrogens is 306 g/mol. The highest BCUT2D eigenvalue weighted by Crippen LogP contribution is 2.21. The lowest BCUT2D eigenvalue weighted by Gasteiger charge is -2.02. The Labute approximate surface area is 110 Å². The fourth-order valence-electron chi connectivity index (χ4n) is 1.56. The van der Waals surface area contributed by atoms with Crippen molar-refractivity contribution in [2.24, 2.45) is 0 Å². The number of carbonyl (C=O) groups is 1. The van der Waals surface area contributed by atoms with Gasteiger partial charge >= 0.3 is 5.97 Å². The van der Waals surface area contributed by atoms with E-state index in [1.54, 1.807) is 16.0 Å². The highest BCUT2D eigenvalue weighted by atomic mass is 79.9. The van der Waals surface area contributed by atoms with Crippen LogP contribution in [0.3, 0.4) is 0 Å². The van der Waals surface area contributed by atoms with Gasteiger partial charge in [-0.1, -0.05) is 12.1 Å². The monoisotopic (exact) mass is 315 g/mol. The molecule has 0 aliphatic heterocycles. The van der Waals surface area contributed by atoms with Gasteiger partial charge in [-0.25, -0.2) is 9.48 Å². The molecule has 0 aliphatic rings. The van der Waals surface area contributed by atoms with E-state index in [4.69, 9.17) is 5.11 Å². The Hall–Kier alpha value is -1.21. The first-order valence-electron chi connectivity index (χ1n) is 5.00. The molecule has 1 N–H and O–H groups in total. The summed E-state index contributed by atoms with van der Waals surface area (Å²) in [5.74, 6) is -1.03. The Morgan fingerprint density at radius 3 is 2.94 bits per heavy atom. The fraction of sp³-hybridized carbons (Fsp3) is 0.300. The molecule has 90 valence electrons. The van der Waals surface area contributed by atoms with E-state index in [1.165, 1.54) is 0 Å². The highest BCUT2D eigenvalue weighted by Gasteiger charge is 2.17. The van der Waals surface area contributed by atoms with Gasteiger partial charge in [-0.15, -0.1) is 16.4 Å². The highest BCUT2D eigenvalue weighted by molar-refractivity contribution is 9.10. The Kier molecular flexibility index (Phi) is 3.58. The molecule has 2 rings (SSSR count). The third kappa shape index (κ3) is 2.55. The quantitative estimate of drug-likeness (QED) is 0.940. The van der Waals surface area contributed by atoms with Gasteiger partial charge in [0, 0.05) is 14.7 Å². The smallest absolute Gasteiger partial charge is 0.358 e. The second-order valence-electron chi connectivity index (χ2n) is 3.43. The molecule has 0 radical (unpaired) electrons. The predicted octanol–water partition coefficient (Wildman–Crippen LogP) is 2.41. The number of hydrogen-bond donors (Lipinski definition) is 1. The molecule has 0 aliphatic carbocycles. The van der Waals surface area contributed by atoms with Gasteiger partial charge in [-0.3, -0.25) is 0 Å². The molecule has 17 heavy (non-hydrogen) atoms. The van der Waals surface area contributed by atoms with Gasteiger partial charge in [0.25, 0.3) is 0 Å². The largest absolute Gasteiger partial charge is 0.476 e. The number of carboxylic acids is 1. The molecule has 0 saturated heterocycles. The lowest BCUT2D eigenvalue weighted by Crippen LogP contribution is -2.07. The third-order valence-corrected chi connectivity index (χ3v) is 3.98. The summed E-state index contributed by atoms with van der Waals surface area (Å²) in [7, 11) is 0. The SMILES string of the molecule is CCc1c(C(=O)O)nnn1Cc1cc(Br)cs1. The average Bonchev–Trinajstić information content (AvgIpc) is 2.85. The van der Waals surface area contributed by atoms with E-state index in [1.807, 2.05) is 18.4 Å². The van der Waals surface area contributed by atoms with Crippen LogP contribution in [0.5, 0.6) is 0 Å². The van der Waals surface area contributed by atoms with Crippen molar-refractivity contribution in [3.05, 3.63) is 32.2 Å². The lowest BCUT2D eigenvalue weighted by atomic mass is 10.2. The van der Waals surface area contributed by atoms with E-state index in [9.17, 15) is 4.79 Å². The molecule has 0 aromatic carbocycles. The zero-order valence-corrected chi connectivity index (χ0v) is 11.5. The molecule has 0 atom stereocenters. The number of nitrogens with zero attached hydrogens (tertiary/aromatic N) is 3. The number of aromatic carboxylic acids is 1. The molecule has 2 aromatic heterocycles. The maximum atomic E-state index is 10.9. The van der Waals surface area contributed by atoms with Crippen molar-refractivity contribution in [3.8, 4) is 0 Å². The first-order chi connectivity index (χ1) is 8.11. The normalized spacial score (nSPS) is 10.7. The summed E-state index contributed by atoms with van der Waals surface area (Å²) in [5, 5.41) is 18.5. The Bertz CT molecular complexity index is 549. The van der Waals surface area contributed by atoms with E-state index in [0.29, 0.717) is 18.7 Å². The molecule has 2 aromatic rings. The van der Waals surface area contributed by atoms with Crippen molar-refractivity contribution in [2.75, 3.05) is 0 Å². The van der Waals surface area contributed by atoms with Crippen molar-refractivity contribution >= 4 is 33.2 Å². The molecule has 0 spiro atoms. The number of carboxylic acid groups (broad SMARTS) is 1. The minimum atomic E-state index is -1.03. The fourth-order valence-corrected chi connectivity index (χ4v) is 2.99. The zero-order valence-electron chi connectivity index (χ0n) is 9.05. The number of aromatic nitrogens is 3. The third-order valence-electron chi connectivity index (χ3n) is 2.30. The van der Waals surface area contributed by atoms with Crippen LogP contribution in [0.1, 0.15) is 28.0 Å². The van der Waals surface area contributed by atoms with Gasteiger partial charge in [0.2, 0.25) is 0 Å². The molecule has 2 heterocycles. The molecule has 0 bridgehead atoms. The zero-order chi connectivity index (χ0) is 12.4. The van der Waals surface area contributed by atoms with Crippen LogP contribution in [0, 0.1) is 0 Å². The van der Waals surface area contributed by atoms with Gasteiger partial charge in [-0.2, -0.15) is 0 Å². The maximum Gasteiger partial charge on any atom is 0.358 e. The molecule has 7 heteroatoms. The van der Waals surface area contributed by atoms with Crippen LogP contribution in [0.15, 0.2) is 15.9 Å². The van der Waals surface area contributed by atoms with Gasteiger partial charge in [0.05, 0.1) is 12.2 Å². The van der Waals surface area contributed by atoms with Crippen molar-refractivity contribution < 1.29 is 9.90 Å². The number of rotatable bonds is 4. The standard InChI is InChI=1S/C10H10BrN3O2S/c1-2-8-9(10(15)16)12-13-14(8)4-7-3-6(11)5-17-7/h3,5H,2,4H2,1H3,(H,15,16). The molecule has 0 amide bonds. The Morgan fingerprint density at radius 1 is 1.65 bits per heavy atom. The first kappa shape index (κ1) is 12.3. The average molecular weight is 316 g/mol. The van der Waals surface area contributed by atoms with Crippen LogP contribution in [0.4, 0.5) is 0 Å². The van der Waals surface area contributed by atoms with Crippen LogP contribution < -0.4 is 0 Å². The molecule has 0 saturated carbocycles. The summed E-state index contributed by atoms with van der Waals surface area (Å²) in [6.07, 6.45) is 0.598. The van der Waals surface area contributed by atoms with Crippen LogP contribution in [0.25, 0.3) is 0 Å². The summed E-state index contributed by atoms with van der Waals surface area (Å²) in [6, 6.07) is 1.99. The van der Waals surface area contributed by atoms with Crippen LogP contribution in [0.2, 0.25) is 0 Å². The predicted molar refractivity (Wildman–Crippen MR) is 67.5 cm³/mol. The van der Waals surface area contributed by atoms with Crippen LogP contribution >= 0.6 is 27.3 Å². The van der Waals surface area contributed by atoms with Gasteiger partial charge in [-0.05, 0) is 28.4 Å². The van der Waals surface area contributed by atoms with Crippen LogP contribution in [-0.2, 0) is 13.0 Å². The van der Waals surface area contributed by atoms with E-state index < -0.39 is 5.97 Å². The van der Waals surface area contributed by atoms with E-state index in [-0.39, 0.29) is 5.69 Å². The molecule has 0 fully saturated rings. The second-order valence-corrected chi connectivity index (χ2v) is 5.34. The van der Waals surface area contributed by atoms with Gasteiger partial charge < -0.3 is 5.11 Å².